The third-order valence-electron chi connectivity index (χ3n) is 2.41. The molecule has 0 aromatic carbocycles. The average molecular weight is 234 g/mol. The maximum atomic E-state index is 11.9. The number of halogens is 1. The van der Waals surface area contributed by atoms with Gasteiger partial charge in [-0.3, -0.25) is 4.18 Å². The minimum Gasteiger partial charge on any atom is -0.267 e. The van der Waals surface area contributed by atoms with Gasteiger partial charge in [-0.2, -0.15) is 8.42 Å². The number of alkyl halides is 1. The Morgan fingerprint density at radius 1 is 1.60 bits per heavy atom. The van der Waals surface area contributed by atoms with E-state index in [1.54, 1.807) is 19.1 Å². The lowest BCUT2D eigenvalue weighted by atomic mass is 9.98. The zero-order valence-electron chi connectivity index (χ0n) is 8.86. The topological polar surface area (TPSA) is 43.4 Å². The van der Waals surface area contributed by atoms with Crippen LogP contribution in [0.25, 0.3) is 0 Å². The molecule has 0 aliphatic heterocycles. The molecule has 5 heteroatoms. The van der Waals surface area contributed by atoms with Crippen LogP contribution in [0.3, 0.4) is 0 Å². The molecule has 1 aliphatic rings. The quantitative estimate of drug-likeness (QED) is 0.698. The summed E-state index contributed by atoms with van der Waals surface area (Å²) in [4.78, 5) is 0. The highest BCUT2D eigenvalue weighted by molar-refractivity contribution is 7.88. The van der Waals surface area contributed by atoms with Crippen molar-refractivity contribution in [2.45, 2.75) is 25.0 Å². The molecule has 1 rings (SSSR count). The summed E-state index contributed by atoms with van der Waals surface area (Å²) >= 11 is 0. The average Bonchev–Trinajstić information content (AvgIpc) is 2.19. The van der Waals surface area contributed by atoms with Crippen LogP contribution in [0.4, 0.5) is 4.39 Å². The molecule has 0 amide bonds. The maximum Gasteiger partial charge on any atom is 0.276 e. The lowest BCUT2D eigenvalue weighted by molar-refractivity contribution is 0.268. The van der Waals surface area contributed by atoms with E-state index in [1.165, 1.54) is 0 Å². The molecule has 1 aliphatic carbocycles. The molecule has 0 fully saturated rings. The van der Waals surface area contributed by atoms with E-state index < -0.39 is 28.1 Å². The van der Waals surface area contributed by atoms with Gasteiger partial charge in [0.2, 0.25) is 0 Å². The van der Waals surface area contributed by atoms with E-state index in [1.807, 2.05) is 13.0 Å². The molecule has 0 radical (unpaired) electrons. The highest BCUT2D eigenvalue weighted by Gasteiger charge is 2.38. The highest BCUT2D eigenvalue weighted by atomic mass is 32.2. The first-order chi connectivity index (χ1) is 6.91. The van der Waals surface area contributed by atoms with Crippen molar-refractivity contribution in [3.8, 4) is 0 Å². The van der Waals surface area contributed by atoms with Gasteiger partial charge in [0.05, 0.1) is 6.61 Å². The molecule has 15 heavy (non-hydrogen) atoms. The molecular formula is C10H15FO3S. The summed E-state index contributed by atoms with van der Waals surface area (Å²) in [6.07, 6.45) is 5.52. The maximum absolute atomic E-state index is 11.9. The summed E-state index contributed by atoms with van der Waals surface area (Å²) in [5.41, 5.74) is 1.02. The minimum absolute atomic E-state index is 0.365. The molecule has 0 spiro atoms. The summed E-state index contributed by atoms with van der Waals surface area (Å²) in [7, 11) is -3.74. The van der Waals surface area contributed by atoms with E-state index in [0.29, 0.717) is 6.42 Å². The molecule has 0 saturated carbocycles. The monoisotopic (exact) mass is 234 g/mol. The lowest BCUT2D eigenvalue weighted by Crippen LogP contribution is -2.35. The van der Waals surface area contributed by atoms with Crippen molar-refractivity contribution in [2.75, 3.05) is 13.3 Å². The van der Waals surface area contributed by atoms with Crippen molar-refractivity contribution in [3.05, 3.63) is 23.8 Å². The van der Waals surface area contributed by atoms with Crippen LogP contribution in [0.1, 0.15) is 20.3 Å². The van der Waals surface area contributed by atoms with Gasteiger partial charge in [0.25, 0.3) is 10.1 Å². The Balaban J connectivity index is 2.84. The number of allylic oxidation sites excluding steroid dienone is 3. The van der Waals surface area contributed by atoms with Crippen LogP contribution in [0.5, 0.6) is 0 Å². The van der Waals surface area contributed by atoms with Gasteiger partial charge in [-0.15, -0.1) is 0 Å². The molecule has 3 nitrogen and oxygen atoms in total. The lowest BCUT2D eigenvalue weighted by Gasteiger charge is -2.26. The summed E-state index contributed by atoms with van der Waals surface area (Å²) in [5, 5.41) is 0. The Bertz CT molecular complexity index is 383. The number of rotatable bonds is 4. The third kappa shape index (κ3) is 2.66. The molecular weight excluding hydrogens is 219 g/mol. The van der Waals surface area contributed by atoms with Gasteiger partial charge in [0.1, 0.15) is 11.4 Å². The second kappa shape index (κ2) is 4.45. The molecule has 0 aromatic heterocycles. The molecule has 86 valence electrons. The highest BCUT2D eigenvalue weighted by Crippen LogP contribution is 2.29. The van der Waals surface area contributed by atoms with Crippen LogP contribution < -0.4 is 0 Å². The predicted octanol–water partition coefficient (Wildman–Crippen LogP) is 1.97. The first-order valence-corrected chi connectivity index (χ1v) is 6.13. The van der Waals surface area contributed by atoms with Crippen molar-refractivity contribution in [1.29, 1.82) is 0 Å². The Morgan fingerprint density at radius 3 is 2.73 bits per heavy atom. The molecule has 0 bridgehead atoms. The fourth-order valence-electron chi connectivity index (χ4n) is 1.27. The van der Waals surface area contributed by atoms with E-state index in [4.69, 9.17) is 0 Å². The standard InChI is InChI=1S/C10H15FO3S/c1-9-3-5-10(2,6-4-9)15(12,13)14-8-7-11/h3-5H,6-8H2,1-2H3. The fraction of sp³-hybridized carbons (Fsp3) is 0.600. The first kappa shape index (κ1) is 12.4. The van der Waals surface area contributed by atoms with Crippen LogP contribution in [-0.2, 0) is 14.3 Å². The van der Waals surface area contributed by atoms with Gasteiger partial charge in [0.15, 0.2) is 0 Å². The van der Waals surface area contributed by atoms with E-state index >= 15 is 0 Å². The predicted molar refractivity (Wildman–Crippen MR) is 56.8 cm³/mol. The van der Waals surface area contributed by atoms with Crippen LogP contribution >= 0.6 is 0 Å². The second-order valence-electron chi connectivity index (χ2n) is 3.76. The molecule has 1 unspecified atom stereocenters. The largest absolute Gasteiger partial charge is 0.276 e. The SMILES string of the molecule is CC1=CCC(C)(S(=O)(=O)OCCF)C=C1. The van der Waals surface area contributed by atoms with Gasteiger partial charge < -0.3 is 0 Å². The second-order valence-corrected chi connectivity index (χ2v) is 5.84. The first-order valence-electron chi connectivity index (χ1n) is 4.72. The Kier molecular flexibility index (Phi) is 3.67. The fourth-order valence-corrected chi connectivity index (χ4v) is 2.34. The van der Waals surface area contributed by atoms with Crippen molar-refractivity contribution >= 4 is 10.1 Å². The molecule has 0 aromatic rings. The van der Waals surface area contributed by atoms with Gasteiger partial charge in [0, 0.05) is 0 Å². The Hall–Kier alpha value is -0.680. The van der Waals surface area contributed by atoms with Crippen molar-refractivity contribution < 1.29 is 17.0 Å². The zero-order chi connectivity index (χ0) is 11.5. The van der Waals surface area contributed by atoms with E-state index in [-0.39, 0.29) is 0 Å². The van der Waals surface area contributed by atoms with Crippen molar-refractivity contribution in [2.24, 2.45) is 0 Å². The van der Waals surface area contributed by atoms with Gasteiger partial charge in [-0.1, -0.05) is 23.8 Å². The number of hydrogen-bond donors (Lipinski definition) is 0. The summed E-state index contributed by atoms with van der Waals surface area (Å²) < 4.78 is 38.8. The normalized spacial score (nSPS) is 26.5. The summed E-state index contributed by atoms with van der Waals surface area (Å²) in [5.74, 6) is 0. The molecule has 0 saturated heterocycles. The van der Waals surface area contributed by atoms with Gasteiger partial charge >= 0.3 is 0 Å². The number of hydrogen-bond acceptors (Lipinski definition) is 3. The Morgan fingerprint density at radius 2 is 2.27 bits per heavy atom. The van der Waals surface area contributed by atoms with E-state index in [0.717, 1.165) is 5.57 Å². The van der Waals surface area contributed by atoms with Crippen LogP contribution in [0.15, 0.2) is 23.8 Å². The molecule has 0 heterocycles. The van der Waals surface area contributed by atoms with E-state index in [9.17, 15) is 12.8 Å². The molecule has 1 atom stereocenters. The van der Waals surface area contributed by atoms with Crippen LogP contribution in [-0.4, -0.2) is 26.4 Å². The third-order valence-corrected chi connectivity index (χ3v) is 4.34. The Labute approximate surface area is 89.8 Å². The van der Waals surface area contributed by atoms with Gasteiger partial charge in [-0.25, -0.2) is 4.39 Å². The van der Waals surface area contributed by atoms with E-state index in [2.05, 4.69) is 4.18 Å². The van der Waals surface area contributed by atoms with Crippen molar-refractivity contribution in [3.63, 3.8) is 0 Å². The summed E-state index contributed by atoms with van der Waals surface area (Å²) in [6, 6.07) is 0. The van der Waals surface area contributed by atoms with Crippen LogP contribution in [0, 0.1) is 0 Å². The smallest absolute Gasteiger partial charge is 0.267 e. The van der Waals surface area contributed by atoms with Crippen LogP contribution in [0.2, 0.25) is 0 Å². The molecule has 0 N–H and O–H groups in total. The zero-order valence-corrected chi connectivity index (χ0v) is 9.68. The van der Waals surface area contributed by atoms with Gasteiger partial charge in [-0.05, 0) is 20.3 Å². The summed E-state index contributed by atoms with van der Waals surface area (Å²) in [6.45, 7) is 2.26. The minimum atomic E-state index is -3.74. The van der Waals surface area contributed by atoms with Crippen molar-refractivity contribution in [1.82, 2.24) is 0 Å².